The maximum Gasteiger partial charge on any atom is 0.138 e. The molecule has 2 aromatic rings. The quantitative estimate of drug-likeness (QED) is 0.800. The monoisotopic (exact) mass is 313 g/mol. The van der Waals surface area contributed by atoms with Crippen LogP contribution in [0.4, 0.5) is 8.78 Å². The van der Waals surface area contributed by atoms with E-state index in [0.717, 1.165) is 5.69 Å². The van der Waals surface area contributed by atoms with Crippen molar-refractivity contribution in [2.24, 2.45) is 0 Å². The number of rotatable bonds is 4. The SMILES string of the molecule is Fc1cccc(F)c1COc1ccc(CBr)nc1. The minimum absolute atomic E-state index is 0.0814. The molecule has 0 amide bonds. The second-order valence-corrected chi connectivity index (χ2v) is 4.17. The Kier molecular flexibility index (Phi) is 4.25. The molecular weight excluding hydrogens is 304 g/mol. The molecule has 0 aliphatic heterocycles. The molecule has 0 saturated carbocycles. The van der Waals surface area contributed by atoms with Gasteiger partial charge in [0.25, 0.3) is 0 Å². The highest BCUT2D eigenvalue weighted by Gasteiger charge is 2.08. The van der Waals surface area contributed by atoms with Crippen LogP contribution in [0.15, 0.2) is 36.5 Å². The molecular formula is C13H10BrF2NO. The van der Waals surface area contributed by atoms with Crippen molar-refractivity contribution in [3.63, 3.8) is 0 Å². The average molecular weight is 314 g/mol. The third-order valence-electron chi connectivity index (χ3n) is 2.38. The molecule has 2 nitrogen and oxygen atoms in total. The maximum absolute atomic E-state index is 13.3. The molecule has 1 heterocycles. The number of halogens is 3. The minimum atomic E-state index is -0.611. The van der Waals surface area contributed by atoms with Crippen LogP contribution in [-0.2, 0) is 11.9 Å². The lowest BCUT2D eigenvalue weighted by atomic mass is 10.2. The fourth-order valence-corrected chi connectivity index (χ4v) is 1.73. The Bertz CT molecular complexity index is 511. The van der Waals surface area contributed by atoms with Crippen molar-refractivity contribution in [1.82, 2.24) is 4.98 Å². The predicted molar refractivity (Wildman–Crippen MR) is 67.6 cm³/mol. The van der Waals surface area contributed by atoms with E-state index >= 15 is 0 Å². The zero-order valence-electron chi connectivity index (χ0n) is 9.37. The molecule has 1 aromatic carbocycles. The average Bonchev–Trinajstić information content (AvgIpc) is 2.39. The molecule has 0 radical (unpaired) electrons. The summed E-state index contributed by atoms with van der Waals surface area (Å²) in [6.07, 6.45) is 1.52. The first kappa shape index (κ1) is 13.0. The molecule has 0 unspecified atom stereocenters. The Hall–Kier alpha value is -1.49. The van der Waals surface area contributed by atoms with Gasteiger partial charge in [-0.3, -0.25) is 4.98 Å². The van der Waals surface area contributed by atoms with Crippen LogP contribution >= 0.6 is 15.9 Å². The van der Waals surface area contributed by atoms with Crippen molar-refractivity contribution < 1.29 is 13.5 Å². The second kappa shape index (κ2) is 5.91. The van der Waals surface area contributed by atoms with E-state index in [-0.39, 0.29) is 12.2 Å². The van der Waals surface area contributed by atoms with Gasteiger partial charge < -0.3 is 4.74 Å². The Balaban J connectivity index is 2.06. The molecule has 94 valence electrons. The predicted octanol–water partition coefficient (Wildman–Crippen LogP) is 3.83. The lowest BCUT2D eigenvalue weighted by molar-refractivity contribution is 0.291. The summed E-state index contributed by atoms with van der Waals surface area (Å²) in [6.45, 7) is -0.159. The molecule has 18 heavy (non-hydrogen) atoms. The van der Waals surface area contributed by atoms with Gasteiger partial charge in [0.05, 0.1) is 17.5 Å². The molecule has 0 fully saturated rings. The van der Waals surface area contributed by atoms with E-state index < -0.39 is 11.6 Å². The van der Waals surface area contributed by atoms with Crippen molar-refractivity contribution in [2.75, 3.05) is 0 Å². The van der Waals surface area contributed by atoms with Crippen LogP contribution < -0.4 is 4.74 Å². The number of nitrogens with zero attached hydrogens (tertiary/aromatic N) is 1. The molecule has 0 aliphatic rings. The van der Waals surface area contributed by atoms with E-state index in [1.54, 1.807) is 12.1 Å². The molecule has 0 bridgehead atoms. The largest absolute Gasteiger partial charge is 0.487 e. The summed E-state index contributed by atoms with van der Waals surface area (Å²) in [6, 6.07) is 7.21. The highest BCUT2D eigenvalue weighted by atomic mass is 79.9. The van der Waals surface area contributed by atoms with Crippen molar-refractivity contribution >= 4 is 15.9 Å². The van der Waals surface area contributed by atoms with Crippen molar-refractivity contribution in [1.29, 1.82) is 0 Å². The van der Waals surface area contributed by atoms with E-state index in [1.807, 2.05) is 0 Å². The summed E-state index contributed by atoms with van der Waals surface area (Å²) in [4.78, 5) is 4.09. The first-order valence-corrected chi connectivity index (χ1v) is 6.39. The number of hydrogen-bond donors (Lipinski definition) is 0. The summed E-state index contributed by atoms with van der Waals surface area (Å²) in [5, 5.41) is 0.648. The first-order valence-electron chi connectivity index (χ1n) is 5.27. The van der Waals surface area contributed by atoms with Crippen LogP contribution in [0.1, 0.15) is 11.3 Å². The zero-order chi connectivity index (χ0) is 13.0. The summed E-state index contributed by atoms with van der Waals surface area (Å²) < 4.78 is 32.0. The maximum atomic E-state index is 13.3. The van der Waals surface area contributed by atoms with Gasteiger partial charge in [-0.15, -0.1) is 0 Å². The molecule has 0 saturated heterocycles. The highest BCUT2D eigenvalue weighted by molar-refractivity contribution is 9.08. The number of ether oxygens (including phenoxy) is 1. The Labute approximate surface area is 112 Å². The zero-order valence-corrected chi connectivity index (χ0v) is 11.0. The fourth-order valence-electron chi connectivity index (χ4n) is 1.40. The number of benzene rings is 1. The molecule has 0 N–H and O–H groups in total. The van der Waals surface area contributed by atoms with Gasteiger partial charge in [-0.25, -0.2) is 8.78 Å². The van der Waals surface area contributed by atoms with Gasteiger partial charge in [0.1, 0.15) is 24.0 Å². The Morgan fingerprint density at radius 2 is 1.83 bits per heavy atom. The van der Waals surface area contributed by atoms with Gasteiger partial charge in [-0.1, -0.05) is 22.0 Å². The molecule has 0 aliphatic carbocycles. The number of aromatic nitrogens is 1. The van der Waals surface area contributed by atoms with E-state index in [2.05, 4.69) is 20.9 Å². The van der Waals surface area contributed by atoms with Gasteiger partial charge >= 0.3 is 0 Å². The van der Waals surface area contributed by atoms with E-state index in [0.29, 0.717) is 11.1 Å². The Morgan fingerprint density at radius 3 is 2.39 bits per heavy atom. The first-order chi connectivity index (χ1) is 8.70. The van der Waals surface area contributed by atoms with Gasteiger partial charge in [0, 0.05) is 5.33 Å². The second-order valence-electron chi connectivity index (χ2n) is 3.61. The number of alkyl halides is 1. The third-order valence-corrected chi connectivity index (χ3v) is 2.95. The van der Waals surface area contributed by atoms with Crippen LogP contribution in [0.2, 0.25) is 0 Å². The van der Waals surface area contributed by atoms with Gasteiger partial charge in [0.15, 0.2) is 0 Å². The van der Waals surface area contributed by atoms with Crippen molar-refractivity contribution in [2.45, 2.75) is 11.9 Å². The molecule has 5 heteroatoms. The van der Waals surface area contributed by atoms with Crippen LogP contribution in [0, 0.1) is 11.6 Å². The van der Waals surface area contributed by atoms with Crippen LogP contribution in [0.25, 0.3) is 0 Å². The van der Waals surface area contributed by atoms with Crippen molar-refractivity contribution in [3.8, 4) is 5.75 Å². The third kappa shape index (κ3) is 3.04. The number of hydrogen-bond acceptors (Lipinski definition) is 2. The van der Waals surface area contributed by atoms with E-state index in [9.17, 15) is 8.78 Å². The number of pyridine rings is 1. The van der Waals surface area contributed by atoms with Gasteiger partial charge in [-0.05, 0) is 24.3 Å². The summed E-state index contributed by atoms with van der Waals surface area (Å²) >= 11 is 3.27. The lowest BCUT2D eigenvalue weighted by Crippen LogP contribution is -2.02. The van der Waals surface area contributed by atoms with Crippen LogP contribution in [0.5, 0.6) is 5.75 Å². The Morgan fingerprint density at radius 1 is 1.11 bits per heavy atom. The van der Waals surface area contributed by atoms with Crippen LogP contribution in [0.3, 0.4) is 0 Å². The normalized spacial score (nSPS) is 10.4. The van der Waals surface area contributed by atoms with Gasteiger partial charge in [0.2, 0.25) is 0 Å². The highest BCUT2D eigenvalue weighted by Crippen LogP contribution is 2.16. The molecule has 2 rings (SSSR count). The van der Waals surface area contributed by atoms with Gasteiger partial charge in [-0.2, -0.15) is 0 Å². The smallest absolute Gasteiger partial charge is 0.138 e. The van der Waals surface area contributed by atoms with Crippen LogP contribution in [-0.4, -0.2) is 4.98 Å². The summed E-state index contributed by atoms with van der Waals surface area (Å²) in [5.41, 5.74) is 0.779. The van der Waals surface area contributed by atoms with E-state index in [4.69, 9.17) is 4.74 Å². The summed E-state index contributed by atoms with van der Waals surface area (Å²) in [5.74, 6) is -0.748. The minimum Gasteiger partial charge on any atom is -0.487 e. The summed E-state index contributed by atoms with van der Waals surface area (Å²) in [7, 11) is 0. The fraction of sp³-hybridized carbons (Fsp3) is 0.154. The standard InChI is InChI=1S/C13H10BrF2NO/c14-6-9-4-5-10(7-17-9)18-8-11-12(15)2-1-3-13(11)16/h1-5,7H,6,8H2. The van der Waals surface area contributed by atoms with Crippen molar-refractivity contribution in [3.05, 3.63) is 59.4 Å². The molecule has 0 atom stereocenters. The molecule has 0 spiro atoms. The topological polar surface area (TPSA) is 22.1 Å². The lowest BCUT2D eigenvalue weighted by Gasteiger charge is -2.08. The van der Waals surface area contributed by atoms with E-state index in [1.165, 1.54) is 24.4 Å². The molecule has 1 aromatic heterocycles.